The van der Waals surface area contributed by atoms with Crippen LogP contribution >= 0.6 is 11.3 Å². The smallest absolute Gasteiger partial charge is 0.272 e. The van der Waals surface area contributed by atoms with Gasteiger partial charge in [-0.3, -0.25) is 15.0 Å². The van der Waals surface area contributed by atoms with Gasteiger partial charge in [0.15, 0.2) is 0 Å². The van der Waals surface area contributed by atoms with Gasteiger partial charge in [-0.25, -0.2) is 0 Å². The lowest BCUT2D eigenvalue weighted by Crippen LogP contribution is -2.05. The van der Waals surface area contributed by atoms with Gasteiger partial charge in [-0.15, -0.1) is 11.3 Å². The highest BCUT2D eigenvalue weighted by Crippen LogP contribution is 2.40. The van der Waals surface area contributed by atoms with Crippen LogP contribution in [0.2, 0.25) is 0 Å². The second kappa shape index (κ2) is 5.47. The maximum absolute atomic E-state index is 12.8. The molecule has 0 fully saturated rings. The molecule has 0 amide bonds. The first kappa shape index (κ1) is 15.1. The van der Waals surface area contributed by atoms with Crippen LogP contribution in [0.15, 0.2) is 59.5 Å². The van der Waals surface area contributed by atoms with E-state index < -0.39 is 0 Å². The molecule has 1 aliphatic heterocycles. The number of aromatic nitrogens is 3. The zero-order valence-electron chi connectivity index (χ0n) is 14.6. The van der Waals surface area contributed by atoms with E-state index in [1.807, 2.05) is 12.1 Å². The highest BCUT2D eigenvalue weighted by molar-refractivity contribution is 7.22. The molecule has 4 nitrogen and oxygen atoms in total. The molecule has 0 radical (unpaired) electrons. The number of hydrogen-bond acceptors (Lipinski definition) is 2. The van der Waals surface area contributed by atoms with Gasteiger partial charge in [0.2, 0.25) is 0 Å². The molecule has 0 saturated heterocycles. The molecular formula is C22H17N3OS. The minimum atomic E-state index is -0.0637. The number of nitrogens with one attached hydrogen (secondary N) is 2. The normalized spacial score (nSPS) is 13.6. The number of fused-ring (bicyclic) bond motifs is 1. The maximum Gasteiger partial charge on any atom is 0.272 e. The molecular weight excluding hydrogens is 354 g/mol. The van der Waals surface area contributed by atoms with Crippen LogP contribution in [-0.2, 0) is 13.0 Å². The number of hydrogen-bond donors (Lipinski definition) is 2. The van der Waals surface area contributed by atoms with Crippen LogP contribution in [0.3, 0.4) is 0 Å². The topological polar surface area (TPSA) is 53.6 Å². The third-order valence-electron chi connectivity index (χ3n) is 5.55. The van der Waals surface area contributed by atoms with Crippen molar-refractivity contribution in [3.63, 3.8) is 0 Å². The van der Waals surface area contributed by atoms with Gasteiger partial charge in [0.05, 0.1) is 21.7 Å². The molecule has 6 rings (SSSR count). The Balaban J connectivity index is 1.64. The van der Waals surface area contributed by atoms with Crippen molar-refractivity contribution in [2.75, 3.05) is 0 Å². The minimum Gasteiger partial charge on any atom is -0.347 e. The van der Waals surface area contributed by atoms with Crippen LogP contribution < -0.4 is 5.56 Å². The minimum absolute atomic E-state index is 0.0637. The summed E-state index contributed by atoms with van der Waals surface area (Å²) in [6, 6.07) is 16.9. The molecule has 2 aromatic carbocycles. The van der Waals surface area contributed by atoms with Crippen molar-refractivity contribution >= 4 is 32.3 Å². The van der Waals surface area contributed by atoms with E-state index in [1.165, 1.54) is 26.6 Å². The second-order valence-corrected chi connectivity index (χ2v) is 8.21. The summed E-state index contributed by atoms with van der Waals surface area (Å²) >= 11 is 1.71. The van der Waals surface area contributed by atoms with Gasteiger partial charge in [-0.1, -0.05) is 36.4 Å². The molecule has 5 aromatic rings. The van der Waals surface area contributed by atoms with Crippen LogP contribution in [0.4, 0.5) is 0 Å². The van der Waals surface area contributed by atoms with E-state index in [9.17, 15) is 4.79 Å². The Hall–Kier alpha value is -3.05. The molecule has 27 heavy (non-hydrogen) atoms. The molecule has 5 heteroatoms. The summed E-state index contributed by atoms with van der Waals surface area (Å²) in [6.45, 7) is 1.01. The average Bonchev–Trinajstić information content (AvgIpc) is 3.38. The lowest BCUT2D eigenvalue weighted by molar-refractivity contribution is 0.636. The number of thiophene rings is 1. The Morgan fingerprint density at radius 2 is 1.96 bits per heavy atom. The summed E-state index contributed by atoms with van der Waals surface area (Å²) in [5.41, 5.74) is 5.23. The van der Waals surface area contributed by atoms with Crippen LogP contribution in [-0.4, -0.2) is 14.8 Å². The Morgan fingerprint density at radius 3 is 2.89 bits per heavy atom. The van der Waals surface area contributed by atoms with E-state index in [-0.39, 0.29) is 5.56 Å². The Morgan fingerprint density at radius 1 is 1.04 bits per heavy atom. The van der Waals surface area contributed by atoms with E-state index >= 15 is 0 Å². The van der Waals surface area contributed by atoms with E-state index in [4.69, 9.17) is 0 Å². The van der Waals surface area contributed by atoms with Crippen molar-refractivity contribution in [1.29, 1.82) is 0 Å². The summed E-state index contributed by atoms with van der Waals surface area (Å²) in [5, 5.41) is 8.32. The zero-order chi connectivity index (χ0) is 18.0. The molecule has 0 unspecified atom stereocenters. The van der Waals surface area contributed by atoms with Crippen LogP contribution in [0.5, 0.6) is 0 Å². The van der Waals surface area contributed by atoms with E-state index in [0.717, 1.165) is 41.1 Å². The number of benzene rings is 2. The van der Waals surface area contributed by atoms with Gasteiger partial charge in [0.1, 0.15) is 0 Å². The summed E-state index contributed by atoms with van der Waals surface area (Å²) in [5.74, 6) is 0. The summed E-state index contributed by atoms with van der Waals surface area (Å²) in [7, 11) is 0. The molecule has 4 heterocycles. The molecule has 1 aliphatic rings. The highest BCUT2D eigenvalue weighted by atomic mass is 32.1. The third-order valence-corrected chi connectivity index (χ3v) is 6.68. The molecule has 0 aliphatic carbocycles. The second-order valence-electron chi connectivity index (χ2n) is 7.13. The van der Waals surface area contributed by atoms with Gasteiger partial charge >= 0.3 is 0 Å². The first-order valence-corrected chi connectivity index (χ1v) is 10.0. The fourth-order valence-corrected chi connectivity index (χ4v) is 5.43. The summed E-state index contributed by atoms with van der Waals surface area (Å²) < 4.78 is 3.54. The summed E-state index contributed by atoms with van der Waals surface area (Å²) in [4.78, 5) is 13.9. The van der Waals surface area contributed by atoms with Gasteiger partial charge < -0.3 is 4.57 Å². The molecule has 0 bridgehead atoms. The predicted molar refractivity (Wildman–Crippen MR) is 111 cm³/mol. The van der Waals surface area contributed by atoms with Crippen LogP contribution in [0, 0.1) is 0 Å². The number of aromatic amines is 2. The number of H-pyrrole nitrogens is 2. The molecule has 0 saturated carbocycles. The zero-order valence-corrected chi connectivity index (χ0v) is 15.4. The molecule has 3 aromatic heterocycles. The predicted octanol–water partition coefficient (Wildman–Crippen LogP) is 5.15. The number of nitrogens with zero attached hydrogens (tertiary/aromatic N) is 1. The average molecular weight is 371 g/mol. The van der Waals surface area contributed by atoms with Gasteiger partial charge in [-0.2, -0.15) is 0 Å². The van der Waals surface area contributed by atoms with Gasteiger partial charge in [-0.05, 0) is 35.9 Å². The lowest BCUT2D eigenvalue weighted by Gasteiger charge is -2.14. The van der Waals surface area contributed by atoms with E-state index in [1.54, 1.807) is 11.3 Å². The standard InChI is InChI=1S/C22H17N3OS/c26-22-19(16-12-25-10-4-7-13-6-3-8-15(16)21(13)25)20(23-24-22)18-11-14-5-1-2-9-17(14)27-18/h1-3,5-6,8-9,11-12H,4,7,10H2,(H2,23,24,26). The number of para-hydroxylation sites is 1. The van der Waals surface area contributed by atoms with E-state index in [0.29, 0.717) is 0 Å². The quantitative estimate of drug-likeness (QED) is 0.443. The lowest BCUT2D eigenvalue weighted by atomic mass is 10.00. The molecule has 132 valence electrons. The molecule has 0 atom stereocenters. The largest absolute Gasteiger partial charge is 0.347 e. The van der Waals surface area contributed by atoms with Crippen molar-refractivity contribution < 1.29 is 0 Å². The van der Waals surface area contributed by atoms with Crippen LogP contribution in [0.1, 0.15) is 12.0 Å². The monoisotopic (exact) mass is 371 g/mol. The SMILES string of the molecule is O=c1[nH][nH]c(-c2cc3ccccc3s2)c1-c1cn2c3c(cccc13)CCC2. The van der Waals surface area contributed by atoms with Crippen molar-refractivity contribution in [3.8, 4) is 21.7 Å². The Bertz CT molecular complexity index is 1350. The first-order valence-electron chi connectivity index (χ1n) is 9.20. The first-order chi connectivity index (χ1) is 13.3. The van der Waals surface area contributed by atoms with Gasteiger partial charge in [0, 0.05) is 28.4 Å². The third kappa shape index (κ3) is 2.12. The molecule has 2 N–H and O–H groups in total. The maximum atomic E-state index is 12.8. The Kier molecular flexibility index (Phi) is 3.05. The van der Waals surface area contributed by atoms with Crippen LogP contribution in [0.25, 0.3) is 42.7 Å². The number of rotatable bonds is 2. The number of aryl methyl sites for hydroxylation is 2. The fourth-order valence-electron chi connectivity index (χ4n) is 4.36. The van der Waals surface area contributed by atoms with Crippen molar-refractivity contribution in [2.45, 2.75) is 19.4 Å². The summed E-state index contributed by atoms with van der Waals surface area (Å²) in [6.07, 6.45) is 4.41. The Labute approximate surface area is 159 Å². The van der Waals surface area contributed by atoms with Crippen molar-refractivity contribution in [2.24, 2.45) is 0 Å². The van der Waals surface area contributed by atoms with Crippen molar-refractivity contribution in [1.82, 2.24) is 14.8 Å². The van der Waals surface area contributed by atoms with Crippen molar-refractivity contribution in [3.05, 3.63) is 70.6 Å². The van der Waals surface area contributed by atoms with E-state index in [2.05, 4.69) is 57.4 Å². The fraction of sp³-hybridized carbons (Fsp3) is 0.136. The highest BCUT2D eigenvalue weighted by Gasteiger charge is 2.22. The molecule has 0 spiro atoms. The van der Waals surface area contributed by atoms with Gasteiger partial charge in [0.25, 0.3) is 5.56 Å².